The lowest BCUT2D eigenvalue weighted by Crippen LogP contribution is -2.48. The minimum atomic E-state index is -0.821. The van der Waals surface area contributed by atoms with Crippen LogP contribution in [0.4, 0.5) is 0 Å². The van der Waals surface area contributed by atoms with Gasteiger partial charge in [-0.3, -0.25) is 9.59 Å². The van der Waals surface area contributed by atoms with Crippen LogP contribution in [0.3, 0.4) is 0 Å². The number of carbonyl (C=O) groups is 2. The molecule has 0 heterocycles. The van der Waals surface area contributed by atoms with Gasteiger partial charge in [0, 0.05) is 5.56 Å². The fraction of sp³-hybridized carbons (Fsp3) is 0.286. The predicted molar refractivity (Wildman–Crippen MR) is 130 cm³/mol. The van der Waals surface area contributed by atoms with Crippen LogP contribution >= 0.6 is 45.8 Å². The Labute approximate surface area is 204 Å². The van der Waals surface area contributed by atoms with Crippen LogP contribution in [0.15, 0.2) is 35.4 Å². The van der Waals surface area contributed by atoms with Crippen molar-refractivity contribution in [2.45, 2.75) is 26.8 Å². The Morgan fingerprint density at radius 1 is 1.23 bits per heavy atom. The third-order valence-electron chi connectivity index (χ3n) is 4.16. The van der Waals surface area contributed by atoms with Crippen molar-refractivity contribution in [2.75, 3.05) is 6.61 Å². The highest BCUT2D eigenvalue weighted by Gasteiger charge is 2.24. The molecule has 0 radical (unpaired) electrons. The average Bonchev–Trinajstić information content (AvgIpc) is 2.71. The summed E-state index contributed by atoms with van der Waals surface area (Å²) < 4.78 is 5.98. The fourth-order valence-electron chi connectivity index (χ4n) is 2.57. The van der Waals surface area contributed by atoms with Gasteiger partial charge >= 0.3 is 0 Å². The second-order valence-corrected chi connectivity index (χ2v) is 8.82. The Hall–Kier alpha value is -2.04. The second-order valence-electron chi connectivity index (χ2n) is 6.84. The van der Waals surface area contributed by atoms with E-state index in [2.05, 4.69) is 15.8 Å². The number of hydrogen-bond donors (Lipinski definition) is 3. The van der Waals surface area contributed by atoms with Crippen LogP contribution in [-0.2, 0) is 4.79 Å². The topological polar surface area (TPSA) is 100 Å². The number of benzene rings is 2. The molecule has 0 aliphatic rings. The normalized spacial score (nSPS) is 12.1. The summed E-state index contributed by atoms with van der Waals surface area (Å²) in [6.07, 6.45) is 1.43. The molecule has 2 rings (SSSR count). The molecule has 2 aromatic carbocycles. The lowest BCUT2D eigenvalue weighted by molar-refractivity contribution is -0.123. The summed E-state index contributed by atoms with van der Waals surface area (Å²) >= 11 is 13.8. The molecular formula is C21H22Cl2IN3O4. The van der Waals surface area contributed by atoms with Crippen molar-refractivity contribution in [3.63, 3.8) is 0 Å². The summed E-state index contributed by atoms with van der Waals surface area (Å²) in [4.78, 5) is 25.1. The van der Waals surface area contributed by atoms with E-state index in [1.54, 1.807) is 26.0 Å². The minimum Gasteiger partial charge on any atom is -0.504 e. The number of phenols is 1. The Bertz CT molecular complexity index is 999. The molecule has 0 saturated heterocycles. The van der Waals surface area contributed by atoms with Crippen molar-refractivity contribution in [2.24, 2.45) is 11.0 Å². The van der Waals surface area contributed by atoms with Gasteiger partial charge < -0.3 is 15.2 Å². The number of rotatable bonds is 8. The molecule has 0 spiro atoms. The maximum absolute atomic E-state index is 12.6. The summed E-state index contributed by atoms with van der Waals surface area (Å²) in [6, 6.07) is 6.97. The van der Waals surface area contributed by atoms with E-state index in [4.69, 9.17) is 27.9 Å². The SMILES string of the molecule is CCOc1cc(C=NNC(=O)C(NC(=O)c2ccc(Cl)c(Cl)c2)C(C)C)cc(I)c1O. The molecule has 0 bridgehead atoms. The van der Waals surface area contributed by atoms with Crippen LogP contribution in [0.2, 0.25) is 10.0 Å². The van der Waals surface area contributed by atoms with E-state index in [9.17, 15) is 14.7 Å². The Balaban J connectivity index is 2.09. The molecule has 166 valence electrons. The molecule has 0 aliphatic carbocycles. The number of nitrogens with zero attached hydrogens (tertiary/aromatic N) is 1. The molecule has 31 heavy (non-hydrogen) atoms. The summed E-state index contributed by atoms with van der Waals surface area (Å²) in [5.74, 6) is -0.741. The molecule has 2 amide bonds. The van der Waals surface area contributed by atoms with Gasteiger partial charge in [-0.1, -0.05) is 37.0 Å². The largest absolute Gasteiger partial charge is 0.504 e. The lowest BCUT2D eigenvalue weighted by Gasteiger charge is -2.20. The molecule has 1 unspecified atom stereocenters. The number of hydrogen-bond acceptors (Lipinski definition) is 5. The van der Waals surface area contributed by atoms with Crippen LogP contribution in [-0.4, -0.2) is 35.8 Å². The van der Waals surface area contributed by atoms with Crippen LogP contribution < -0.4 is 15.5 Å². The van der Waals surface area contributed by atoms with E-state index in [1.807, 2.05) is 29.5 Å². The van der Waals surface area contributed by atoms with Gasteiger partial charge in [-0.25, -0.2) is 5.43 Å². The molecule has 1 atom stereocenters. The smallest absolute Gasteiger partial charge is 0.262 e. The molecular weight excluding hydrogens is 556 g/mol. The number of amides is 2. The number of nitrogens with one attached hydrogen (secondary N) is 2. The predicted octanol–water partition coefficient (Wildman–Crippen LogP) is 4.61. The summed E-state index contributed by atoms with van der Waals surface area (Å²) in [7, 11) is 0. The maximum atomic E-state index is 12.6. The van der Waals surface area contributed by atoms with Crippen LogP contribution in [0.25, 0.3) is 0 Å². The molecule has 7 nitrogen and oxygen atoms in total. The zero-order valence-corrected chi connectivity index (χ0v) is 20.7. The third kappa shape index (κ3) is 6.98. The molecule has 3 N–H and O–H groups in total. The fourth-order valence-corrected chi connectivity index (χ4v) is 3.49. The first-order valence-electron chi connectivity index (χ1n) is 9.38. The molecule has 10 heteroatoms. The van der Waals surface area contributed by atoms with E-state index in [0.29, 0.717) is 32.1 Å². The van der Waals surface area contributed by atoms with Crippen LogP contribution in [0.1, 0.15) is 36.7 Å². The maximum Gasteiger partial charge on any atom is 0.262 e. The average molecular weight is 578 g/mol. The van der Waals surface area contributed by atoms with Gasteiger partial charge in [0.05, 0.1) is 26.4 Å². The Kier molecular flexibility index (Phi) is 9.39. The van der Waals surface area contributed by atoms with Crippen molar-refractivity contribution >= 4 is 63.8 Å². The lowest BCUT2D eigenvalue weighted by atomic mass is 10.0. The van der Waals surface area contributed by atoms with Crippen molar-refractivity contribution in [1.29, 1.82) is 0 Å². The number of carbonyl (C=O) groups excluding carboxylic acids is 2. The summed E-state index contributed by atoms with van der Waals surface area (Å²) in [5, 5.41) is 17.3. The van der Waals surface area contributed by atoms with E-state index in [-0.39, 0.29) is 16.7 Å². The highest BCUT2D eigenvalue weighted by molar-refractivity contribution is 14.1. The van der Waals surface area contributed by atoms with Crippen LogP contribution in [0.5, 0.6) is 11.5 Å². The van der Waals surface area contributed by atoms with Gasteiger partial charge in [0.1, 0.15) is 6.04 Å². The second kappa shape index (κ2) is 11.5. The van der Waals surface area contributed by atoms with Crippen molar-refractivity contribution in [3.8, 4) is 11.5 Å². The highest BCUT2D eigenvalue weighted by Crippen LogP contribution is 2.32. The standard InChI is InChI=1S/C21H22Cl2IN3O4/c1-4-31-17-8-12(7-16(24)19(17)28)10-25-27-21(30)18(11(2)3)26-20(29)13-5-6-14(22)15(23)9-13/h5-11,18,28H,4H2,1-3H3,(H,26,29)(H,27,30). The molecule has 0 aliphatic heterocycles. The van der Waals surface area contributed by atoms with Gasteiger partial charge in [0.2, 0.25) is 0 Å². The number of phenolic OH excluding ortho intramolecular Hbond substituents is 1. The number of halogens is 3. The van der Waals surface area contributed by atoms with Gasteiger partial charge in [-0.15, -0.1) is 0 Å². The van der Waals surface area contributed by atoms with E-state index in [1.165, 1.54) is 24.4 Å². The zero-order valence-electron chi connectivity index (χ0n) is 17.1. The van der Waals surface area contributed by atoms with Crippen molar-refractivity contribution in [1.82, 2.24) is 10.7 Å². The summed E-state index contributed by atoms with van der Waals surface area (Å²) in [6.45, 7) is 5.82. The van der Waals surface area contributed by atoms with E-state index < -0.39 is 17.9 Å². The number of ether oxygens (including phenoxy) is 1. The first kappa shape index (κ1) is 25.2. The Morgan fingerprint density at radius 3 is 2.55 bits per heavy atom. The number of hydrazone groups is 1. The first-order chi connectivity index (χ1) is 14.6. The van der Waals surface area contributed by atoms with E-state index >= 15 is 0 Å². The molecule has 0 fully saturated rings. The first-order valence-corrected chi connectivity index (χ1v) is 11.2. The van der Waals surface area contributed by atoms with Crippen LogP contribution in [0, 0.1) is 9.49 Å². The van der Waals surface area contributed by atoms with Gasteiger partial charge in [0.25, 0.3) is 11.8 Å². The Morgan fingerprint density at radius 2 is 1.94 bits per heavy atom. The molecule has 0 saturated carbocycles. The van der Waals surface area contributed by atoms with Gasteiger partial charge in [-0.2, -0.15) is 5.10 Å². The monoisotopic (exact) mass is 577 g/mol. The minimum absolute atomic E-state index is 0.0496. The van der Waals surface area contributed by atoms with Crippen molar-refractivity contribution < 1.29 is 19.4 Å². The highest BCUT2D eigenvalue weighted by atomic mass is 127. The third-order valence-corrected chi connectivity index (χ3v) is 5.72. The van der Waals surface area contributed by atoms with Gasteiger partial charge in [0.15, 0.2) is 11.5 Å². The zero-order chi connectivity index (χ0) is 23.1. The van der Waals surface area contributed by atoms with Crippen molar-refractivity contribution in [3.05, 3.63) is 55.1 Å². The van der Waals surface area contributed by atoms with E-state index in [0.717, 1.165) is 0 Å². The quantitative estimate of drug-likeness (QED) is 0.242. The molecule has 2 aromatic rings. The van der Waals surface area contributed by atoms with Gasteiger partial charge in [-0.05, 0) is 71.3 Å². The number of aromatic hydroxyl groups is 1. The molecule has 0 aromatic heterocycles. The summed E-state index contributed by atoms with van der Waals surface area (Å²) in [5.41, 5.74) is 3.36.